The second kappa shape index (κ2) is 10.7. The van der Waals surface area contributed by atoms with Crippen molar-refractivity contribution in [1.82, 2.24) is 4.90 Å². The molecule has 4 heteroatoms. The summed E-state index contributed by atoms with van der Waals surface area (Å²) in [5.74, 6) is -0.0880. The topological polar surface area (TPSA) is 44.4 Å². The fraction of sp³-hybridized carbons (Fsp3) is 0.206. The van der Waals surface area contributed by atoms with Crippen LogP contribution in [0.5, 0.6) is 0 Å². The average Bonchev–Trinajstić information content (AvgIpc) is 3.28. The molecule has 2 N–H and O–H groups in total. The maximum atomic E-state index is 13.4. The minimum absolute atomic E-state index is 0.0880. The number of piperidine rings is 1. The van der Waals surface area contributed by atoms with Crippen LogP contribution < -0.4 is 10.6 Å². The van der Waals surface area contributed by atoms with Crippen LogP contribution >= 0.6 is 0 Å². The molecule has 0 atom stereocenters. The Morgan fingerprint density at radius 3 is 2.32 bits per heavy atom. The minimum atomic E-state index is -0.0880. The third-order valence-corrected chi connectivity index (χ3v) is 7.61. The molecule has 0 aromatic heterocycles. The van der Waals surface area contributed by atoms with E-state index in [2.05, 4.69) is 83.1 Å². The molecule has 38 heavy (non-hydrogen) atoms. The summed E-state index contributed by atoms with van der Waals surface area (Å²) >= 11 is 0. The van der Waals surface area contributed by atoms with Gasteiger partial charge in [0, 0.05) is 23.5 Å². The molecule has 0 spiro atoms. The first-order valence-corrected chi connectivity index (χ1v) is 13.6. The van der Waals surface area contributed by atoms with E-state index in [-0.39, 0.29) is 5.91 Å². The Morgan fingerprint density at radius 1 is 0.816 bits per heavy atom. The number of aryl methyl sites for hydroxylation is 1. The second-order valence-corrected chi connectivity index (χ2v) is 10.3. The van der Waals surface area contributed by atoms with Gasteiger partial charge in [-0.25, -0.2) is 0 Å². The minimum Gasteiger partial charge on any atom is -0.354 e. The summed E-state index contributed by atoms with van der Waals surface area (Å²) in [6.07, 6.45) is 3.94. The molecule has 2 aliphatic heterocycles. The summed E-state index contributed by atoms with van der Waals surface area (Å²) in [6, 6.07) is 33.3. The van der Waals surface area contributed by atoms with Crippen LogP contribution in [-0.4, -0.2) is 23.9 Å². The van der Waals surface area contributed by atoms with Gasteiger partial charge < -0.3 is 10.6 Å². The van der Waals surface area contributed by atoms with Gasteiger partial charge in [0.15, 0.2) is 0 Å². The zero-order valence-electron chi connectivity index (χ0n) is 21.8. The smallest absolute Gasteiger partial charge is 0.258 e. The molecule has 4 aromatic carbocycles. The predicted octanol–water partition coefficient (Wildman–Crippen LogP) is 7.58. The monoisotopic (exact) mass is 499 g/mol. The number of hydrogen-bond acceptors (Lipinski definition) is 3. The Kier molecular flexibility index (Phi) is 6.80. The summed E-state index contributed by atoms with van der Waals surface area (Å²) in [5.41, 5.74) is 9.99. The number of amides is 1. The van der Waals surface area contributed by atoms with E-state index in [0.29, 0.717) is 5.57 Å². The number of benzene rings is 4. The average molecular weight is 500 g/mol. The van der Waals surface area contributed by atoms with Gasteiger partial charge in [0.05, 0.1) is 11.3 Å². The molecule has 1 fully saturated rings. The quantitative estimate of drug-likeness (QED) is 0.269. The van der Waals surface area contributed by atoms with Gasteiger partial charge >= 0.3 is 0 Å². The van der Waals surface area contributed by atoms with Crippen molar-refractivity contribution >= 4 is 28.6 Å². The molecular weight excluding hydrogens is 466 g/mol. The molecule has 2 heterocycles. The molecular formula is C34H33N3O. The first kappa shape index (κ1) is 24.2. The highest BCUT2D eigenvalue weighted by Crippen LogP contribution is 2.40. The van der Waals surface area contributed by atoms with Gasteiger partial charge in [0.25, 0.3) is 5.91 Å². The predicted molar refractivity (Wildman–Crippen MR) is 158 cm³/mol. The number of nitrogens with one attached hydrogen (secondary N) is 2. The van der Waals surface area contributed by atoms with Crippen LogP contribution in [0.4, 0.5) is 11.4 Å². The van der Waals surface area contributed by atoms with Crippen molar-refractivity contribution in [1.29, 1.82) is 0 Å². The van der Waals surface area contributed by atoms with Crippen molar-refractivity contribution in [3.05, 3.63) is 119 Å². The first-order valence-electron chi connectivity index (χ1n) is 13.6. The zero-order chi connectivity index (χ0) is 25.9. The number of carbonyl (C=O) groups excluding carboxylic acids is 1. The maximum absolute atomic E-state index is 13.4. The first-order chi connectivity index (χ1) is 18.7. The number of rotatable bonds is 6. The largest absolute Gasteiger partial charge is 0.354 e. The Hall–Kier alpha value is -4.15. The Bertz CT molecular complexity index is 1480. The summed E-state index contributed by atoms with van der Waals surface area (Å²) in [4.78, 5) is 15.9. The molecule has 2 aliphatic rings. The summed E-state index contributed by atoms with van der Waals surface area (Å²) in [6.45, 7) is 5.47. The van der Waals surface area contributed by atoms with Crippen molar-refractivity contribution in [3.63, 3.8) is 0 Å². The van der Waals surface area contributed by atoms with Gasteiger partial charge in [0.1, 0.15) is 0 Å². The highest BCUT2D eigenvalue weighted by atomic mass is 16.2. The van der Waals surface area contributed by atoms with Crippen molar-refractivity contribution in [3.8, 4) is 11.1 Å². The van der Waals surface area contributed by atoms with E-state index >= 15 is 0 Å². The van der Waals surface area contributed by atoms with E-state index in [1.54, 1.807) is 0 Å². The maximum Gasteiger partial charge on any atom is 0.258 e. The van der Waals surface area contributed by atoms with E-state index in [4.69, 9.17) is 0 Å². The number of anilines is 2. The van der Waals surface area contributed by atoms with Gasteiger partial charge in [-0.2, -0.15) is 0 Å². The second-order valence-electron chi connectivity index (χ2n) is 10.3. The molecule has 4 aromatic rings. The highest BCUT2D eigenvalue weighted by Gasteiger charge is 2.29. The number of hydrogen-bond donors (Lipinski definition) is 2. The van der Waals surface area contributed by atoms with E-state index in [9.17, 15) is 4.79 Å². The van der Waals surface area contributed by atoms with Crippen LogP contribution in [0.3, 0.4) is 0 Å². The number of carbonyl (C=O) groups is 1. The Morgan fingerprint density at radius 2 is 1.55 bits per heavy atom. The molecule has 1 amide bonds. The lowest BCUT2D eigenvalue weighted by Gasteiger charge is -2.26. The molecule has 0 aliphatic carbocycles. The molecule has 190 valence electrons. The Balaban J connectivity index is 1.34. The van der Waals surface area contributed by atoms with Gasteiger partial charge in [-0.3, -0.25) is 9.69 Å². The van der Waals surface area contributed by atoms with Crippen LogP contribution in [0.25, 0.3) is 22.4 Å². The third kappa shape index (κ3) is 5.00. The van der Waals surface area contributed by atoms with Crippen LogP contribution in [0.15, 0.2) is 97.1 Å². The fourth-order valence-electron chi connectivity index (χ4n) is 5.58. The summed E-state index contributed by atoms with van der Waals surface area (Å²) < 4.78 is 0. The van der Waals surface area contributed by atoms with Crippen molar-refractivity contribution in [2.45, 2.75) is 32.7 Å². The van der Waals surface area contributed by atoms with Crippen molar-refractivity contribution < 1.29 is 4.79 Å². The van der Waals surface area contributed by atoms with Crippen molar-refractivity contribution in [2.24, 2.45) is 0 Å². The molecule has 0 saturated carbocycles. The standard InChI is InChI=1S/C34H33N3O/c1-24-10-6-7-13-29(24)27-16-19-30-31(22-27)36-34(38)32(30)33(26-11-4-2-5-12-26)35-28-17-14-25(15-18-28)23-37-20-8-3-9-21-37/h2,4-7,10-19,22,35H,3,8-9,20-21,23H2,1H3,(H,36,38). The van der Waals surface area contributed by atoms with Gasteiger partial charge in [-0.05, 0) is 78.9 Å². The summed E-state index contributed by atoms with van der Waals surface area (Å²) in [7, 11) is 0. The third-order valence-electron chi connectivity index (χ3n) is 7.61. The molecule has 0 bridgehead atoms. The number of fused-ring (bicyclic) bond motifs is 1. The molecule has 0 radical (unpaired) electrons. The molecule has 4 nitrogen and oxygen atoms in total. The van der Waals surface area contributed by atoms with Gasteiger partial charge in [0.2, 0.25) is 0 Å². The normalized spacial score (nSPS) is 16.6. The lowest BCUT2D eigenvalue weighted by Crippen LogP contribution is -2.29. The van der Waals surface area contributed by atoms with Crippen molar-refractivity contribution in [2.75, 3.05) is 23.7 Å². The van der Waals surface area contributed by atoms with E-state index in [1.807, 2.05) is 36.4 Å². The zero-order valence-corrected chi connectivity index (χ0v) is 21.8. The molecule has 0 unspecified atom stereocenters. The molecule has 6 rings (SSSR count). The van der Waals surface area contributed by atoms with Crippen LogP contribution in [0, 0.1) is 6.92 Å². The van der Waals surface area contributed by atoms with E-state index in [0.717, 1.165) is 40.3 Å². The van der Waals surface area contributed by atoms with Gasteiger partial charge in [-0.15, -0.1) is 0 Å². The van der Waals surface area contributed by atoms with Gasteiger partial charge in [-0.1, -0.05) is 85.3 Å². The number of nitrogens with zero attached hydrogens (tertiary/aromatic N) is 1. The fourth-order valence-corrected chi connectivity index (χ4v) is 5.58. The lowest BCUT2D eigenvalue weighted by molar-refractivity contribution is -0.110. The lowest BCUT2D eigenvalue weighted by atomic mass is 9.95. The number of likely N-dealkylation sites (tertiary alicyclic amines) is 1. The van der Waals surface area contributed by atoms with E-state index < -0.39 is 0 Å². The van der Waals surface area contributed by atoms with Crippen LogP contribution in [0.1, 0.15) is 41.5 Å². The van der Waals surface area contributed by atoms with E-state index in [1.165, 1.54) is 49.0 Å². The Labute approximate surface area is 225 Å². The highest BCUT2D eigenvalue weighted by molar-refractivity contribution is 6.37. The SMILES string of the molecule is Cc1ccccc1-c1ccc2c(c1)NC(=O)C2=C(Nc1ccc(CN2CCCCC2)cc1)c1ccccc1. The summed E-state index contributed by atoms with van der Waals surface area (Å²) in [5, 5.41) is 6.73. The van der Waals surface area contributed by atoms with Crippen LogP contribution in [0.2, 0.25) is 0 Å². The molecule has 1 saturated heterocycles. The van der Waals surface area contributed by atoms with Crippen LogP contribution in [-0.2, 0) is 11.3 Å².